The van der Waals surface area contributed by atoms with Crippen LogP contribution in [0.5, 0.6) is 11.5 Å². The van der Waals surface area contributed by atoms with Crippen LogP contribution in [0.3, 0.4) is 0 Å². The van der Waals surface area contributed by atoms with Crippen LogP contribution in [0.25, 0.3) is 0 Å². The summed E-state index contributed by atoms with van der Waals surface area (Å²) < 4.78 is 100.0. The smallest absolute Gasteiger partial charge is 0.410 e. The van der Waals surface area contributed by atoms with E-state index < -0.39 is 30.7 Å². The fourth-order valence-corrected chi connectivity index (χ4v) is 2.36. The third kappa shape index (κ3) is 14.1. The van der Waals surface area contributed by atoms with E-state index in [-0.39, 0.29) is 17.9 Å². The average Bonchev–Trinajstić information content (AvgIpc) is 3.00. The van der Waals surface area contributed by atoms with Gasteiger partial charge in [-0.25, -0.2) is 9.59 Å². The molecule has 0 aliphatic carbocycles. The van der Waals surface area contributed by atoms with E-state index in [1.54, 1.807) is 38.5 Å². The Kier molecular flexibility index (Phi) is 18.6. The zero-order chi connectivity index (χ0) is 34.7. The van der Waals surface area contributed by atoms with Crippen molar-refractivity contribution in [1.29, 1.82) is 0 Å². The lowest BCUT2D eigenvalue weighted by molar-refractivity contribution is -0.298. The molecule has 2 aromatic rings. The Hall–Kier alpha value is -4.50. The molecule has 2 aromatic carbocycles. The summed E-state index contributed by atoms with van der Waals surface area (Å²) in [6.07, 6.45) is 0.306. The fourth-order valence-electron chi connectivity index (χ4n) is 2.36. The van der Waals surface area contributed by atoms with Gasteiger partial charge < -0.3 is 28.4 Å². The van der Waals surface area contributed by atoms with Gasteiger partial charge in [0.05, 0.1) is 54.6 Å². The van der Waals surface area contributed by atoms with Crippen LogP contribution >= 0.6 is 0 Å². The molecule has 0 aromatic heterocycles. The van der Waals surface area contributed by atoms with Gasteiger partial charge in [0.25, 0.3) is 0 Å². The number of rotatable bonds is 8. The number of hydrogen-bond acceptors (Lipinski definition) is 10. The van der Waals surface area contributed by atoms with Gasteiger partial charge in [0.15, 0.2) is 0 Å². The molecule has 10 nitrogen and oxygen atoms in total. The number of carbonyl (C=O) groups excluding carboxylic acids is 4. The van der Waals surface area contributed by atoms with Gasteiger partial charge in [-0.1, -0.05) is 12.1 Å². The first-order valence-electron chi connectivity index (χ1n) is 12.0. The third-order valence-corrected chi connectivity index (χ3v) is 4.92. The standard InChI is InChI=1S/C10H12O3.C9H10O3.C6H6F6O2.C3H6O2/c1-12-9-5-3-8(4-6-9)7-10(11)13-2;1-11-8-5-3-7(4-6-8)9(10)12-2;1-4(7,8)6(11,12)5(9,10)3(13)14-2;1-3(4)5-2/h3-6H,7H2,1-2H3;3-6H,1-2H3;1-2H3;1-2H3. The lowest BCUT2D eigenvalue weighted by Crippen LogP contribution is -2.57. The Morgan fingerprint density at radius 1 is 0.636 bits per heavy atom. The fraction of sp³-hybridized carbons (Fsp3) is 0.429. The second kappa shape index (κ2) is 19.6. The van der Waals surface area contributed by atoms with Crippen molar-refractivity contribution in [3.8, 4) is 11.5 Å². The van der Waals surface area contributed by atoms with E-state index in [2.05, 4.69) is 18.9 Å². The summed E-state index contributed by atoms with van der Waals surface area (Å²) >= 11 is 0. The Balaban J connectivity index is 0. The molecule has 2 rings (SSSR count). The van der Waals surface area contributed by atoms with Gasteiger partial charge in [0, 0.05) is 13.8 Å². The Morgan fingerprint density at radius 2 is 1.05 bits per heavy atom. The Morgan fingerprint density at radius 3 is 1.34 bits per heavy atom. The van der Waals surface area contributed by atoms with Crippen LogP contribution in [0.15, 0.2) is 48.5 Å². The van der Waals surface area contributed by atoms with Crippen LogP contribution < -0.4 is 9.47 Å². The molecule has 0 fully saturated rings. The van der Waals surface area contributed by atoms with Gasteiger partial charge in [0.2, 0.25) is 0 Å². The highest BCUT2D eigenvalue weighted by Crippen LogP contribution is 2.45. The molecule has 0 N–H and O–H groups in total. The molecule has 0 bridgehead atoms. The highest BCUT2D eigenvalue weighted by Gasteiger charge is 2.73. The number of alkyl halides is 6. The Bertz CT molecular complexity index is 1160. The van der Waals surface area contributed by atoms with Crippen LogP contribution in [0.2, 0.25) is 0 Å². The Labute approximate surface area is 250 Å². The van der Waals surface area contributed by atoms with E-state index in [1.165, 1.54) is 28.3 Å². The number of hydrogen-bond donors (Lipinski definition) is 0. The van der Waals surface area contributed by atoms with Gasteiger partial charge in [0.1, 0.15) is 11.5 Å². The molecule has 0 saturated heterocycles. The average molecular weight is 645 g/mol. The highest BCUT2D eigenvalue weighted by atomic mass is 19.3. The zero-order valence-electron chi connectivity index (χ0n) is 25.2. The van der Waals surface area contributed by atoms with Gasteiger partial charge >= 0.3 is 41.6 Å². The highest BCUT2D eigenvalue weighted by molar-refractivity contribution is 5.89. The van der Waals surface area contributed by atoms with E-state index in [9.17, 15) is 45.5 Å². The van der Waals surface area contributed by atoms with Crippen molar-refractivity contribution < 1.29 is 73.9 Å². The quantitative estimate of drug-likeness (QED) is 0.216. The molecule has 0 unspecified atom stereocenters. The topological polar surface area (TPSA) is 124 Å². The van der Waals surface area contributed by atoms with Gasteiger partial charge in [-0.2, -0.15) is 26.3 Å². The minimum Gasteiger partial charge on any atom is -0.497 e. The minimum absolute atomic E-state index is 0.231. The molecule has 0 heterocycles. The van der Waals surface area contributed by atoms with E-state index in [0.29, 0.717) is 19.1 Å². The summed E-state index contributed by atoms with van der Waals surface area (Å²) in [5.74, 6) is -18.4. The van der Waals surface area contributed by atoms with E-state index >= 15 is 0 Å². The molecule has 0 atom stereocenters. The summed E-state index contributed by atoms with van der Waals surface area (Å²) in [4.78, 5) is 41.6. The summed E-state index contributed by atoms with van der Waals surface area (Å²) in [6.45, 7) is 0.948. The number of halogens is 6. The molecule has 0 aliphatic rings. The zero-order valence-corrected chi connectivity index (χ0v) is 25.2. The number of carbonyl (C=O) groups is 4. The second-order valence-corrected chi connectivity index (χ2v) is 8.05. The molecule has 0 spiro atoms. The van der Waals surface area contributed by atoms with E-state index in [1.807, 2.05) is 24.3 Å². The maximum Gasteiger partial charge on any atom is 0.410 e. The molecule has 0 amide bonds. The second-order valence-electron chi connectivity index (χ2n) is 8.05. The van der Waals surface area contributed by atoms with E-state index in [4.69, 9.17) is 9.47 Å². The summed E-state index contributed by atoms with van der Waals surface area (Å²) in [7, 11) is 7.66. The summed E-state index contributed by atoms with van der Waals surface area (Å²) in [5.41, 5.74) is 1.45. The van der Waals surface area contributed by atoms with Crippen molar-refractivity contribution in [2.45, 2.75) is 38.0 Å². The molecular formula is C28H34F6O10. The van der Waals surface area contributed by atoms with Crippen LogP contribution in [-0.4, -0.2) is 84.3 Å². The molecule has 0 saturated carbocycles. The van der Waals surface area contributed by atoms with Crippen LogP contribution in [0, 0.1) is 0 Å². The molecule has 0 aliphatic heterocycles. The van der Waals surface area contributed by atoms with Crippen molar-refractivity contribution in [3.05, 3.63) is 59.7 Å². The van der Waals surface area contributed by atoms with Crippen LogP contribution in [0.1, 0.15) is 29.8 Å². The van der Waals surface area contributed by atoms with Crippen molar-refractivity contribution in [1.82, 2.24) is 0 Å². The predicted octanol–water partition coefficient (Wildman–Crippen LogP) is 5.16. The number of benzene rings is 2. The molecular weight excluding hydrogens is 610 g/mol. The van der Waals surface area contributed by atoms with E-state index in [0.717, 1.165) is 17.1 Å². The molecule has 44 heavy (non-hydrogen) atoms. The molecule has 0 radical (unpaired) electrons. The molecule has 248 valence electrons. The van der Waals surface area contributed by atoms with Crippen molar-refractivity contribution >= 4 is 23.9 Å². The van der Waals surface area contributed by atoms with Gasteiger partial charge in [-0.15, -0.1) is 0 Å². The monoisotopic (exact) mass is 644 g/mol. The van der Waals surface area contributed by atoms with Crippen LogP contribution in [0.4, 0.5) is 26.3 Å². The van der Waals surface area contributed by atoms with Crippen molar-refractivity contribution in [2.24, 2.45) is 0 Å². The lowest BCUT2D eigenvalue weighted by atomic mass is 10.1. The first kappa shape index (κ1) is 41.6. The molecule has 16 heteroatoms. The largest absolute Gasteiger partial charge is 0.497 e. The normalized spacial score (nSPS) is 10.5. The summed E-state index contributed by atoms with van der Waals surface area (Å²) in [5, 5.41) is 0. The predicted molar refractivity (Wildman–Crippen MR) is 143 cm³/mol. The number of esters is 4. The third-order valence-electron chi connectivity index (χ3n) is 4.92. The summed E-state index contributed by atoms with van der Waals surface area (Å²) in [6, 6.07) is 14.1. The maximum absolute atomic E-state index is 12.4. The van der Waals surface area contributed by atoms with Crippen LogP contribution in [-0.2, 0) is 39.8 Å². The van der Waals surface area contributed by atoms with Crippen molar-refractivity contribution in [3.63, 3.8) is 0 Å². The van der Waals surface area contributed by atoms with Gasteiger partial charge in [-0.05, 0) is 42.0 Å². The SMILES string of the molecule is COC(=O)C(F)(F)C(F)(F)C(C)(F)F.COC(=O)Cc1ccc(OC)cc1.COC(=O)c1ccc(OC)cc1.COC(C)=O. The first-order chi connectivity index (χ1) is 20.3. The van der Waals surface area contributed by atoms with Crippen molar-refractivity contribution in [2.75, 3.05) is 42.7 Å². The minimum atomic E-state index is -5.78. The number of methoxy groups -OCH3 is 6. The maximum atomic E-state index is 12.4. The lowest BCUT2D eigenvalue weighted by Gasteiger charge is -2.28. The first-order valence-corrected chi connectivity index (χ1v) is 12.0. The van der Waals surface area contributed by atoms with Gasteiger partial charge in [-0.3, -0.25) is 9.59 Å². The number of ether oxygens (including phenoxy) is 6.